The third-order valence-corrected chi connectivity index (χ3v) is 9.27. The van der Waals surface area contributed by atoms with E-state index < -0.39 is 35.6 Å². The van der Waals surface area contributed by atoms with Gasteiger partial charge >= 0.3 is 30.1 Å². The Morgan fingerprint density at radius 1 is 0.612 bits per heavy atom. The van der Waals surface area contributed by atoms with Crippen molar-refractivity contribution in [3.8, 4) is 0 Å². The van der Waals surface area contributed by atoms with E-state index in [9.17, 15) is 32.3 Å². The minimum absolute atomic E-state index is 0.175. The van der Waals surface area contributed by atoms with E-state index >= 15 is 0 Å². The van der Waals surface area contributed by atoms with Crippen LogP contribution in [0.3, 0.4) is 0 Å². The monoisotopic (exact) mass is 762 g/mol. The number of carboxylic acids is 4. The lowest BCUT2D eigenvalue weighted by Crippen LogP contribution is -2.04. The molecule has 0 aliphatic rings. The van der Waals surface area contributed by atoms with Gasteiger partial charge in [0.15, 0.2) is 0 Å². The molecule has 4 N–H and O–H groups in total. The maximum Gasteiger partial charge on any atom is 0.416 e. The molecule has 0 unspecified atom stereocenters. The average molecular weight is 763 g/mol. The third kappa shape index (κ3) is 29.4. The average Bonchev–Trinajstić information content (AvgIpc) is 3.05. The van der Waals surface area contributed by atoms with Crippen molar-refractivity contribution in [2.45, 2.75) is 43.0 Å². The molecule has 0 radical (unpaired) electrons. The first-order valence-electron chi connectivity index (χ1n) is 14.7. The van der Waals surface area contributed by atoms with Crippen LogP contribution in [-0.4, -0.2) is 78.8 Å². The second-order valence-electron chi connectivity index (χ2n) is 9.56. The van der Waals surface area contributed by atoms with Crippen LogP contribution in [0.5, 0.6) is 0 Å². The van der Waals surface area contributed by atoms with E-state index in [0.29, 0.717) is 4.90 Å². The summed E-state index contributed by atoms with van der Waals surface area (Å²) in [5, 5.41) is 33.3. The van der Waals surface area contributed by atoms with Crippen molar-refractivity contribution >= 4 is 70.9 Å². The predicted molar refractivity (Wildman–Crippen MR) is 195 cm³/mol. The van der Waals surface area contributed by atoms with Crippen molar-refractivity contribution < 1.29 is 52.8 Å². The van der Waals surface area contributed by atoms with Gasteiger partial charge in [-0.05, 0) is 53.7 Å². The number of benzene rings is 3. The van der Waals surface area contributed by atoms with Gasteiger partial charge in [-0.1, -0.05) is 80.1 Å². The molecular formula is C34H41F3O8S4. The zero-order chi connectivity index (χ0) is 36.9. The second-order valence-corrected chi connectivity index (χ2v) is 13.8. The Labute approximate surface area is 301 Å². The number of carbonyl (C=O) groups is 4. The van der Waals surface area contributed by atoms with E-state index in [-0.39, 0.29) is 23.0 Å². The number of alkyl halides is 3. The number of unbranched alkanes of at least 4 members (excludes halogenated alkanes) is 1. The summed E-state index contributed by atoms with van der Waals surface area (Å²) >= 11 is 5.22. The normalized spacial score (nSPS) is 10.2. The van der Waals surface area contributed by atoms with Crippen LogP contribution in [0, 0.1) is 0 Å². The maximum atomic E-state index is 12.2. The first kappa shape index (κ1) is 45.7. The van der Waals surface area contributed by atoms with Crippen molar-refractivity contribution in [1.29, 1.82) is 0 Å². The SMILES string of the molecule is CCCCSCC(=O)O.O=C(O)CSCCc1ccccc1.O=C(O)CSCc1ccccc1.O=C(O)CSc1cccc(C(F)(F)F)c1. The van der Waals surface area contributed by atoms with Gasteiger partial charge in [-0.25, -0.2) is 0 Å². The minimum atomic E-state index is -4.39. The van der Waals surface area contributed by atoms with Crippen molar-refractivity contribution in [2.75, 3.05) is 34.5 Å². The molecule has 0 saturated heterocycles. The summed E-state index contributed by atoms with van der Waals surface area (Å²) in [4.78, 5) is 40.8. The second kappa shape index (κ2) is 28.6. The van der Waals surface area contributed by atoms with Gasteiger partial charge in [-0.15, -0.1) is 35.3 Å². The van der Waals surface area contributed by atoms with Gasteiger partial charge in [0, 0.05) is 10.6 Å². The van der Waals surface area contributed by atoms with E-state index in [0.717, 1.165) is 60.4 Å². The Morgan fingerprint density at radius 3 is 1.59 bits per heavy atom. The van der Waals surface area contributed by atoms with Crippen LogP contribution in [-0.2, 0) is 37.5 Å². The van der Waals surface area contributed by atoms with Crippen molar-refractivity contribution in [1.82, 2.24) is 0 Å². The van der Waals surface area contributed by atoms with Crippen LogP contribution in [0.2, 0.25) is 0 Å². The Bertz CT molecular complexity index is 1350. The molecule has 15 heteroatoms. The number of aliphatic carboxylic acids is 4. The van der Waals surface area contributed by atoms with Crippen LogP contribution < -0.4 is 0 Å². The predicted octanol–water partition coefficient (Wildman–Crippen LogP) is 8.54. The Morgan fingerprint density at radius 2 is 1.10 bits per heavy atom. The topological polar surface area (TPSA) is 149 Å². The quantitative estimate of drug-likeness (QED) is 0.0771. The summed E-state index contributed by atoms with van der Waals surface area (Å²) in [6.07, 6.45) is -1.18. The minimum Gasteiger partial charge on any atom is -0.481 e. The van der Waals surface area contributed by atoms with Gasteiger partial charge < -0.3 is 20.4 Å². The number of hydrogen-bond donors (Lipinski definition) is 4. The van der Waals surface area contributed by atoms with Gasteiger partial charge in [0.25, 0.3) is 0 Å². The van der Waals surface area contributed by atoms with Crippen LogP contribution in [0.25, 0.3) is 0 Å². The van der Waals surface area contributed by atoms with E-state index in [1.165, 1.54) is 58.5 Å². The van der Waals surface area contributed by atoms with Crippen molar-refractivity contribution in [3.63, 3.8) is 0 Å². The zero-order valence-electron chi connectivity index (χ0n) is 26.8. The zero-order valence-corrected chi connectivity index (χ0v) is 30.1. The highest BCUT2D eigenvalue weighted by Crippen LogP contribution is 2.31. The van der Waals surface area contributed by atoms with Crippen LogP contribution in [0.1, 0.15) is 36.5 Å². The Hall–Kier alpha value is -3.27. The molecule has 270 valence electrons. The number of rotatable bonds is 17. The lowest BCUT2D eigenvalue weighted by atomic mass is 10.2. The molecule has 0 saturated carbocycles. The van der Waals surface area contributed by atoms with E-state index in [1.807, 2.05) is 48.5 Å². The highest BCUT2D eigenvalue weighted by Gasteiger charge is 2.30. The molecule has 49 heavy (non-hydrogen) atoms. The largest absolute Gasteiger partial charge is 0.481 e. The molecule has 0 aliphatic carbocycles. The van der Waals surface area contributed by atoms with Crippen LogP contribution in [0.4, 0.5) is 13.2 Å². The summed E-state index contributed by atoms with van der Waals surface area (Å²) in [7, 11) is 0. The summed E-state index contributed by atoms with van der Waals surface area (Å²) in [5.41, 5.74) is 1.67. The molecule has 0 aliphatic heterocycles. The molecule has 0 aromatic heterocycles. The van der Waals surface area contributed by atoms with Gasteiger partial charge in [0.1, 0.15) is 0 Å². The number of aryl methyl sites for hydroxylation is 1. The summed E-state index contributed by atoms with van der Waals surface area (Å²) in [5.74, 6) is -0.266. The smallest absolute Gasteiger partial charge is 0.416 e. The van der Waals surface area contributed by atoms with Gasteiger partial charge in [-0.2, -0.15) is 24.9 Å². The molecule has 0 fully saturated rings. The van der Waals surface area contributed by atoms with E-state index in [4.69, 9.17) is 20.4 Å². The molecule has 0 atom stereocenters. The molecule has 8 nitrogen and oxygen atoms in total. The highest BCUT2D eigenvalue weighted by molar-refractivity contribution is 8.00. The first-order valence-corrected chi connectivity index (χ1v) is 19.2. The number of carboxylic acid groups (broad SMARTS) is 4. The van der Waals surface area contributed by atoms with Crippen molar-refractivity contribution in [3.05, 3.63) is 102 Å². The fraction of sp³-hybridized carbons (Fsp3) is 0.353. The molecular weight excluding hydrogens is 722 g/mol. The molecule has 0 amide bonds. The van der Waals surface area contributed by atoms with Crippen molar-refractivity contribution in [2.24, 2.45) is 0 Å². The molecule has 3 aromatic carbocycles. The maximum absolute atomic E-state index is 12.2. The lowest BCUT2D eigenvalue weighted by Gasteiger charge is -2.07. The highest BCUT2D eigenvalue weighted by atomic mass is 32.2. The molecule has 0 heterocycles. The lowest BCUT2D eigenvalue weighted by molar-refractivity contribution is -0.138. The van der Waals surface area contributed by atoms with E-state index in [1.54, 1.807) is 0 Å². The Balaban J connectivity index is 0.000000637. The van der Waals surface area contributed by atoms with Crippen LogP contribution >= 0.6 is 47.0 Å². The fourth-order valence-corrected chi connectivity index (χ4v) is 6.03. The van der Waals surface area contributed by atoms with Crippen LogP contribution in [0.15, 0.2) is 89.8 Å². The number of halogens is 3. The number of hydrogen-bond acceptors (Lipinski definition) is 8. The van der Waals surface area contributed by atoms with Gasteiger partial charge in [0.2, 0.25) is 0 Å². The standard InChI is InChI=1S/C10H12O2S.C9H7F3O2S.C9H10O2S.C6H12O2S/c11-10(12)8-13-7-6-9-4-2-1-3-5-9;10-9(11,12)6-2-1-3-7(4-6)15-5-8(13)14;10-9(11)7-12-6-8-4-2-1-3-5-8;1-2-3-4-9-5-6(7)8/h1-5H,6-8H2,(H,11,12);1-4H,5H2,(H,13,14);1-5H,6-7H2,(H,10,11);2-5H2,1H3,(H,7,8). The molecule has 0 spiro atoms. The molecule has 3 aromatic rings. The fourth-order valence-electron chi connectivity index (χ4n) is 3.14. The van der Waals surface area contributed by atoms with Gasteiger partial charge in [-0.3, -0.25) is 19.2 Å². The van der Waals surface area contributed by atoms with E-state index in [2.05, 4.69) is 19.1 Å². The third-order valence-electron chi connectivity index (χ3n) is 5.33. The molecule has 0 bridgehead atoms. The summed E-state index contributed by atoms with van der Waals surface area (Å²) < 4.78 is 36.7. The number of thioether (sulfide) groups is 4. The first-order chi connectivity index (χ1) is 23.2. The molecule has 3 rings (SSSR count). The summed E-state index contributed by atoms with van der Waals surface area (Å²) in [6, 6.07) is 24.5. The Kier molecular flexibility index (Phi) is 26.7. The van der Waals surface area contributed by atoms with Gasteiger partial charge in [0.05, 0.1) is 28.6 Å². The summed E-state index contributed by atoms with van der Waals surface area (Å²) in [6.45, 7) is 2.10.